The van der Waals surface area contributed by atoms with Crippen LogP contribution < -0.4 is 0 Å². The minimum Gasteiger partial charge on any atom is -0.458 e. The molecular weight excluding hydrogens is 260 g/mol. The van der Waals surface area contributed by atoms with Crippen molar-refractivity contribution in [3.8, 4) is 0 Å². The Kier molecular flexibility index (Phi) is 3.01. The third-order valence-electron chi connectivity index (χ3n) is 5.43. The van der Waals surface area contributed by atoms with Gasteiger partial charge in [-0.3, -0.25) is 0 Å². The van der Waals surface area contributed by atoms with Gasteiger partial charge < -0.3 is 20.1 Å². The maximum Gasteiger partial charge on any atom is 0.334 e. The Morgan fingerprint density at radius 3 is 2.70 bits per heavy atom. The van der Waals surface area contributed by atoms with Crippen molar-refractivity contribution in [3.63, 3.8) is 0 Å². The van der Waals surface area contributed by atoms with E-state index in [9.17, 15) is 20.1 Å². The number of carbonyl (C=O) groups is 1. The summed E-state index contributed by atoms with van der Waals surface area (Å²) in [5.74, 6) is -0.665. The van der Waals surface area contributed by atoms with E-state index < -0.39 is 17.7 Å². The lowest BCUT2D eigenvalue weighted by Gasteiger charge is -2.34. The number of hydrogen-bond acceptors (Lipinski definition) is 5. The summed E-state index contributed by atoms with van der Waals surface area (Å²) in [6.07, 6.45) is 0.773. The zero-order chi connectivity index (χ0) is 14.7. The van der Waals surface area contributed by atoms with E-state index in [1.165, 1.54) is 0 Å². The number of cyclic esters (lactones) is 1. The van der Waals surface area contributed by atoms with Gasteiger partial charge in [0.25, 0.3) is 0 Å². The molecule has 0 spiro atoms. The predicted octanol–water partition coefficient (Wildman–Crippen LogP) is 0.380. The highest BCUT2D eigenvalue weighted by Crippen LogP contribution is 2.55. The molecule has 0 unspecified atom stereocenters. The van der Waals surface area contributed by atoms with Gasteiger partial charge in [-0.2, -0.15) is 0 Å². The molecule has 0 bridgehead atoms. The smallest absolute Gasteiger partial charge is 0.334 e. The van der Waals surface area contributed by atoms with Crippen LogP contribution in [-0.4, -0.2) is 46.2 Å². The molecule has 0 saturated heterocycles. The number of hydrogen-bond donors (Lipinski definition) is 3. The summed E-state index contributed by atoms with van der Waals surface area (Å²) in [6.45, 7) is 3.88. The highest BCUT2D eigenvalue weighted by Gasteiger charge is 2.55. The lowest BCUT2D eigenvalue weighted by molar-refractivity contribution is -0.137. The van der Waals surface area contributed by atoms with Gasteiger partial charge in [0.1, 0.15) is 6.61 Å². The molecular formula is C15H22O5. The number of aliphatic hydroxyl groups is 3. The molecule has 0 radical (unpaired) electrons. The number of fused-ring (bicyclic) bond motifs is 1. The van der Waals surface area contributed by atoms with Gasteiger partial charge in [0.15, 0.2) is 0 Å². The molecule has 5 nitrogen and oxygen atoms in total. The van der Waals surface area contributed by atoms with Crippen LogP contribution in [-0.2, 0) is 9.53 Å². The van der Waals surface area contributed by atoms with Crippen molar-refractivity contribution >= 4 is 5.97 Å². The lowest BCUT2D eigenvalue weighted by Crippen LogP contribution is -2.39. The lowest BCUT2D eigenvalue weighted by atomic mass is 9.78. The molecule has 3 aliphatic rings. The third-order valence-corrected chi connectivity index (χ3v) is 5.43. The molecule has 1 saturated carbocycles. The van der Waals surface area contributed by atoms with Gasteiger partial charge in [0.2, 0.25) is 0 Å². The first-order valence-corrected chi connectivity index (χ1v) is 7.18. The topological polar surface area (TPSA) is 87.0 Å². The molecule has 1 aliphatic heterocycles. The van der Waals surface area contributed by atoms with Gasteiger partial charge in [-0.15, -0.1) is 0 Å². The van der Waals surface area contributed by atoms with Gasteiger partial charge in [-0.25, -0.2) is 4.79 Å². The minimum absolute atomic E-state index is 0.0458. The molecule has 1 fully saturated rings. The SMILES string of the molecule is C[C@]1(CO)C[C@@H]2[C@H](O)C3=C(C[C@](C)(O)[C@@H]2C1)C(=O)OC3. The zero-order valence-electron chi connectivity index (χ0n) is 11.9. The van der Waals surface area contributed by atoms with Crippen LogP contribution in [0.3, 0.4) is 0 Å². The van der Waals surface area contributed by atoms with Gasteiger partial charge in [0, 0.05) is 24.2 Å². The monoisotopic (exact) mass is 282 g/mol. The average Bonchev–Trinajstić information content (AvgIpc) is 2.90. The van der Waals surface area contributed by atoms with Crippen LogP contribution in [0, 0.1) is 17.3 Å². The van der Waals surface area contributed by atoms with Crippen molar-refractivity contribution in [3.05, 3.63) is 11.1 Å². The standard InChI is InChI=1S/C15H22O5/c1-14(7-16)3-9-11(5-14)15(2,19)4-8-10(12(9)17)6-20-13(8)18/h9,11-12,16-17,19H,3-7H2,1-2H3/t9-,11+,12-,14-,15-/m0/s1. The van der Waals surface area contributed by atoms with Gasteiger partial charge in [-0.05, 0) is 37.0 Å². The molecule has 0 amide bonds. The quantitative estimate of drug-likeness (QED) is 0.605. The number of esters is 1. The summed E-state index contributed by atoms with van der Waals surface area (Å²) in [7, 11) is 0. The zero-order valence-corrected chi connectivity index (χ0v) is 11.9. The fraction of sp³-hybridized carbons (Fsp3) is 0.800. The Bertz CT molecular complexity index is 481. The van der Waals surface area contributed by atoms with Crippen molar-refractivity contribution in [2.24, 2.45) is 17.3 Å². The van der Waals surface area contributed by atoms with Crippen molar-refractivity contribution in [1.82, 2.24) is 0 Å². The van der Waals surface area contributed by atoms with E-state index in [4.69, 9.17) is 4.74 Å². The maximum absolute atomic E-state index is 11.8. The van der Waals surface area contributed by atoms with E-state index in [1.807, 2.05) is 6.92 Å². The fourth-order valence-electron chi connectivity index (χ4n) is 4.26. The fourth-order valence-corrected chi connectivity index (χ4v) is 4.26. The second-order valence-corrected chi connectivity index (χ2v) is 7.21. The minimum atomic E-state index is -1.06. The summed E-state index contributed by atoms with van der Waals surface area (Å²) in [5, 5.41) is 31.0. The van der Waals surface area contributed by atoms with Crippen LogP contribution in [0.1, 0.15) is 33.1 Å². The molecule has 0 aromatic carbocycles. The van der Waals surface area contributed by atoms with E-state index in [-0.39, 0.29) is 36.9 Å². The molecule has 3 N–H and O–H groups in total. The van der Waals surface area contributed by atoms with Crippen molar-refractivity contribution in [2.45, 2.75) is 44.8 Å². The number of ether oxygens (including phenoxy) is 1. The predicted molar refractivity (Wildman–Crippen MR) is 70.6 cm³/mol. The third kappa shape index (κ3) is 1.91. The Labute approximate surface area is 118 Å². The Morgan fingerprint density at radius 2 is 2.05 bits per heavy atom. The van der Waals surface area contributed by atoms with Crippen molar-refractivity contribution in [1.29, 1.82) is 0 Å². The number of rotatable bonds is 1. The van der Waals surface area contributed by atoms with E-state index >= 15 is 0 Å². The summed E-state index contributed by atoms with van der Waals surface area (Å²) in [4.78, 5) is 11.8. The van der Waals surface area contributed by atoms with Crippen LogP contribution in [0.25, 0.3) is 0 Å². The average molecular weight is 282 g/mol. The molecule has 5 atom stereocenters. The Hall–Kier alpha value is -0.910. The van der Waals surface area contributed by atoms with Crippen molar-refractivity contribution in [2.75, 3.05) is 13.2 Å². The summed E-state index contributed by atoms with van der Waals surface area (Å²) in [5.41, 5.74) is -0.256. The molecule has 0 aromatic heterocycles. The number of carbonyl (C=O) groups excluding carboxylic acids is 1. The second-order valence-electron chi connectivity index (χ2n) is 7.21. The van der Waals surface area contributed by atoms with Gasteiger partial charge in [0.05, 0.1) is 11.7 Å². The normalized spacial score (nSPS) is 47.9. The number of aliphatic hydroxyl groups excluding tert-OH is 2. The Morgan fingerprint density at radius 1 is 1.35 bits per heavy atom. The largest absolute Gasteiger partial charge is 0.458 e. The molecule has 2 aliphatic carbocycles. The van der Waals surface area contributed by atoms with E-state index in [2.05, 4.69) is 0 Å². The summed E-state index contributed by atoms with van der Waals surface area (Å²) in [6, 6.07) is 0. The van der Waals surface area contributed by atoms with E-state index in [0.29, 0.717) is 24.0 Å². The highest BCUT2D eigenvalue weighted by atomic mass is 16.5. The van der Waals surface area contributed by atoms with Crippen LogP contribution in [0.15, 0.2) is 11.1 Å². The molecule has 0 aromatic rings. The summed E-state index contributed by atoms with van der Waals surface area (Å²) >= 11 is 0. The first kappa shape index (κ1) is 14.0. The van der Waals surface area contributed by atoms with Crippen LogP contribution in [0.2, 0.25) is 0 Å². The molecule has 20 heavy (non-hydrogen) atoms. The van der Waals surface area contributed by atoms with E-state index in [1.54, 1.807) is 6.92 Å². The maximum atomic E-state index is 11.8. The first-order chi connectivity index (χ1) is 9.27. The first-order valence-electron chi connectivity index (χ1n) is 7.18. The molecule has 5 heteroatoms. The van der Waals surface area contributed by atoms with Crippen LogP contribution in [0.5, 0.6) is 0 Å². The van der Waals surface area contributed by atoms with Gasteiger partial charge >= 0.3 is 5.97 Å². The second kappa shape index (κ2) is 4.29. The Balaban J connectivity index is 2.01. The summed E-state index contributed by atoms with van der Waals surface area (Å²) < 4.78 is 5.01. The van der Waals surface area contributed by atoms with E-state index in [0.717, 1.165) is 0 Å². The highest BCUT2D eigenvalue weighted by molar-refractivity contribution is 5.92. The van der Waals surface area contributed by atoms with Crippen LogP contribution >= 0.6 is 0 Å². The van der Waals surface area contributed by atoms with Crippen molar-refractivity contribution < 1.29 is 24.9 Å². The molecule has 3 rings (SSSR count). The van der Waals surface area contributed by atoms with Gasteiger partial charge in [-0.1, -0.05) is 6.92 Å². The molecule has 1 heterocycles. The van der Waals surface area contributed by atoms with Crippen LogP contribution in [0.4, 0.5) is 0 Å². The molecule has 112 valence electrons.